The molecule has 0 unspecified atom stereocenters. The van der Waals surface area contributed by atoms with Crippen molar-refractivity contribution in [1.82, 2.24) is 9.55 Å². The lowest BCUT2D eigenvalue weighted by Crippen LogP contribution is -2.19. The Labute approximate surface area is 150 Å². The maximum Gasteiger partial charge on any atom is 0.263 e. The van der Waals surface area contributed by atoms with E-state index in [1.807, 2.05) is 67.6 Å². The van der Waals surface area contributed by atoms with E-state index >= 15 is 0 Å². The lowest BCUT2D eigenvalue weighted by molar-refractivity contribution is 1.07. The van der Waals surface area contributed by atoms with Crippen molar-refractivity contribution >= 4 is 32.6 Å². The molecule has 0 aliphatic rings. The zero-order chi connectivity index (χ0) is 17.7. The Morgan fingerprint density at radius 2 is 1.65 bits per heavy atom. The highest BCUT2D eigenvalue weighted by Gasteiger charge is 2.14. The van der Waals surface area contributed by atoms with Gasteiger partial charge in [0.05, 0.1) is 16.7 Å². The molecule has 0 saturated heterocycles. The minimum atomic E-state index is -0.0168. The Kier molecular flexibility index (Phi) is 3.16. The Bertz CT molecular complexity index is 1360. The first kappa shape index (κ1) is 14.8. The number of aryl methyl sites for hydroxylation is 1. The van der Waals surface area contributed by atoms with Gasteiger partial charge in [-0.2, -0.15) is 0 Å². The molecule has 3 heteroatoms. The molecule has 5 rings (SSSR count). The molecule has 3 aromatic carbocycles. The van der Waals surface area contributed by atoms with Gasteiger partial charge in [0, 0.05) is 22.4 Å². The molecule has 26 heavy (non-hydrogen) atoms. The summed E-state index contributed by atoms with van der Waals surface area (Å²) < 4.78 is 1.79. The number of hydrogen-bond acceptors (Lipinski definition) is 2. The Morgan fingerprint density at radius 1 is 0.808 bits per heavy atom. The predicted molar refractivity (Wildman–Crippen MR) is 107 cm³/mol. The molecule has 0 amide bonds. The molecule has 124 valence electrons. The Morgan fingerprint density at radius 3 is 2.58 bits per heavy atom. The number of nitrogens with zero attached hydrogens (tertiary/aromatic N) is 2. The van der Waals surface area contributed by atoms with Crippen molar-refractivity contribution in [3.8, 4) is 5.69 Å². The highest BCUT2D eigenvalue weighted by atomic mass is 16.1. The second-order valence-corrected chi connectivity index (χ2v) is 6.56. The third-order valence-corrected chi connectivity index (χ3v) is 4.90. The summed E-state index contributed by atoms with van der Waals surface area (Å²) in [6.07, 6.45) is 1.77. The van der Waals surface area contributed by atoms with E-state index in [1.165, 1.54) is 0 Å². The van der Waals surface area contributed by atoms with Gasteiger partial charge in [0.25, 0.3) is 5.56 Å². The molecule has 0 fully saturated rings. The van der Waals surface area contributed by atoms with Crippen molar-refractivity contribution in [2.24, 2.45) is 0 Å². The zero-order valence-electron chi connectivity index (χ0n) is 14.3. The molecule has 0 atom stereocenters. The number of para-hydroxylation sites is 2. The van der Waals surface area contributed by atoms with Crippen LogP contribution < -0.4 is 5.56 Å². The summed E-state index contributed by atoms with van der Waals surface area (Å²) in [5.41, 5.74) is 3.66. The fourth-order valence-corrected chi connectivity index (χ4v) is 3.70. The average Bonchev–Trinajstić information content (AvgIpc) is 2.68. The topological polar surface area (TPSA) is 34.9 Å². The van der Waals surface area contributed by atoms with Gasteiger partial charge < -0.3 is 0 Å². The van der Waals surface area contributed by atoms with E-state index in [9.17, 15) is 4.79 Å². The lowest BCUT2D eigenvalue weighted by Gasteiger charge is -2.15. The average molecular weight is 336 g/mol. The SMILES string of the molecule is Cc1ccc2c(=O)n(-c3cccc4cccnc34)c3ccccc3c2c1. The largest absolute Gasteiger partial charge is 0.274 e. The van der Waals surface area contributed by atoms with Crippen molar-refractivity contribution in [1.29, 1.82) is 0 Å². The van der Waals surface area contributed by atoms with E-state index < -0.39 is 0 Å². The molecule has 2 heterocycles. The van der Waals surface area contributed by atoms with Crippen LogP contribution in [0.2, 0.25) is 0 Å². The highest BCUT2D eigenvalue weighted by molar-refractivity contribution is 6.07. The van der Waals surface area contributed by atoms with Crippen LogP contribution in [0, 0.1) is 6.92 Å². The molecule has 0 N–H and O–H groups in total. The summed E-state index contributed by atoms with van der Waals surface area (Å²) in [6.45, 7) is 2.05. The van der Waals surface area contributed by atoms with Gasteiger partial charge >= 0.3 is 0 Å². The normalized spacial score (nSPS) is 11.4. The molecule has 3 nitrogen and oxygen atoms in total. The van der Waals surface area contributed by atoms with Crippen LogP contribution in [-0.2, 0) is 0 Å². The summed E-state index contributed by atoms with van der Waals surface area (Å²) >= 11 is 0. The zero-order valence-corrected chi connectivity index (χ0v) is 14.3. The second-order valence-electron chi connectivity index (χ2n) is 6.56. The molecule has 0 radical (unpaired) electrons. The molecule has 0 aliphatic carbocycles. The predicted octanol–water partition coefficient (Wildman–Crippen LogP) is 5.00. The minimum Gasteiger partial charge on any atom is -0.274 e. The van der Waals surface area contributed by atoms with Gasteiger partial charge in [0.2, 0.25) is 0 Å². The molecule has 0 bridgehead atoms. The van der Waals surface area contributed by atoms with E-state index in [-0.39, 0.29) is 5.56 Å². The summed E-state index contributed by atoms with van der Waals surface area (Å²) in [6, 6.07) is 23.9. The molecule has 0 saturated carbocycles. The highest BCUT2D eigenvalue weighted by Crippen LogP contribution is 2.28. The monoisotopic (exact) mass is 336 g/mol. The van der Waals surface area contributed by atoms with Gasteiger partial charge in [-0.15, -0.1) is 0 Å². The fraction of sp³-hybridized carbons (Fsp3) is 0.0435. The number of hydrogen-bond donors (Lipinski definition) is 0. The number of fused-ring (bicyclic) bond motifs is 4. The number of pyridine rings is 2. The molecule has 0 aliphatic heterocycles. The van der Waals surface area contributed by atoms with Gasteiger partial charge in [-0.1, -0.05) is 54.1 Å². The smallest absolute Gasteiger partial charge is 0.263 e. The van der Waals surface area contributed by atoms with Crippen LogP contribution >= 0.6 is 0 Å². The van der Waals surface area contributed by atoms with E-state index in [1.54, 1.807) is 10.8 Å². The van der Waals surface area contributed by atoms with E-state index in [4.69, 9.17) is 0 Å². The van der Waals surface area contributed by atoms with Crippen molar-refractivity contribution < 1.29 is 0 Å². The number of benzene rings is 3. The maximum atomic E-state index is 13.4. The Hall–Kier alpha value is -3.46. The van der Waals surface area contributed by atoms with Crippen molar-refractivity contribution in [2.45, 2.75) is 6.92 Å². The Balaban J connectivity index is 2.04. The summed E-state index contributed by atoms with van der Waals surface area (Å²) in [4.78, 5) is 18.0. The molecule has 2 aromatic heterocycles. The van der Waals surface area contributed by atoms with Crippen LogP contribution in [0.1, 0.15) is 5.56 Å². The van der Waals surface area contributed by atoms with Crippen LogP contribution in [0.4, 0.5) is 0 Å². The second kappa shape index (κ2) is 5.53. The molecular formula is C23H16N2O. The standard InChI is InChI=1S/C23H16N2O/c1-15-11-12-18-19(14-15)17-8-2-3-9-20(17)25(23(18)26)21-10-4-6-16-7-5-13-24-22(16)21/h2-14H,1H3. The van der Waals surface area contributed by atoms with Crippen molar-refractivity contribution in [3.05, 3.63) is 94.9 Å². The molecule has 5 aromatic rings. The number of rotatable bonds is 1. The van der Waals surface area contributed by atoms with Gasteiger partial charge in [-0.05, 0) is 36.6 Å². The van der Waals surface area contributed by atoms with E-state index in [0.29, 0.717) is 0 Å². The van der Waals surface area contributed by atoms with Crippen LogP contribution in [0.25, 0.3) is 38.3 Å². The third kappa shape index (κ3) is 2.07. The van der Waals surface area contributed by atoms with E-state index in [2.05, 4.69) is 17.1 Å². The van der Waals surface area contributed by atoms with E-state index in [0.717, 1.165) is 43.8 Å². The van der Waals surface area contributed by atoms with Crippen LogP contribution in [-0.4, -0.2) is 9.55 Å². The third-order valence-electron chi connectivity index (χ3n) is 4.90. The lowest BCUT2D eigenvalue weighted by atomic mass is 10.0. The fourth-order valence-electron chi connectivity index (χ4n) is 3.70. The van der Waals surface area contributed by atoms with Crippen LogP contribution in [0.15, 0.2) is 83.8 Å². The molecular weight excluding hydrogens is 320 g/mol. The first-order valence-electron chi connectivity index (χ1n) is 8.62. The van der Waals surface area contributed by atoms with Gasteiger partial charge in [0.1, 0.15) is 0 Å². The summed E-state index contributed by atoms with van der Waals surface area (Å²) in [7, 11) is 0. The van der Waals surface area contributed by atoms with Gasteiger partial charge in [-0.25, -0.2) is 0 Å². The first-order chi connectivity index (χ1) is 12.7. The van der Waals surface area contributed by atoms with Gasteiger partial charge in [0.15, 0.2) is 0 Å². The first-order valence-corrected chi connectivity index (χ1v) is 8.62. The summed E-state index contributed by atoms with van der Waals surface area (Å²) in [5.74, 6) is 0. The molecule has 0 spiro atoms. The van der Waals surface area contributed by atoms with Crippen LogP contribution in [0.5, 0.6) is 0 Å². The van der Waals surface area contributed by atoms with Crippen molar-refractivity contribution in [3.63, 3.8) is 0 Å². The number of aromatic nitrogens is 2. The minimum absolute atomic E-state index is 0.0168. The van der Waals surface area contributed by atoms with Crippen molar-refractivity contribution in [2.75, 3.05) is 0 Å². The van der Waals surface area contributed by atoms with Gasteiger partial charge in [-0.3, -0.25) is 14.3 Å². The maximum absolute atomic E-state index is 13.4. The summed E-state index contributed by atoms with van der Waals surface area (Å²) in [5, 5.41) is 3.81. The van der Waals surface area contributed by atoms with Crippen LogP contribution in [0.3, 0.4) is 0 Å². The quantitative estimate of drug-likeness (QED) is 0.404.